The van der Waals surface area contributed by atoms with Crippen molar-refractivity contribution in [3.05, 3.63) is 90.0 Å². The van der Waals surface area contributed by atoms with E-state index >= 15 is 0 Å². The lowest BCUT2D eigenvalue weighted by molar-refractivity contribution is -0.155. The Kier molecular flexibility index (Phi) is 15.1. The van der Waals surface area contributed by atoms with Crippen LogP contribution in [0.2, 0.25) is 0 Å². The highest BCUT2D eigenvalue weighted by Crippen LogP contribution is 2.41. The minimum Gasteiger partial charge on any atom is -0.508 e. The second-order valence-corrected chi connectivity index (χ2v) is 19.2. The minimum absolute atomic E-state index is 0.000970. The SMILES string of the molecule is C=CC(=O)N1CCN(C(=O)N(C)C(C(=O)N[C@H]2Cc3cc(O)cc(c3)-c3ccc4c(c3)c(c(-c3ccccc3CCOC)n4CC)CC(C)(C)COC(=O)[C@@H]3CCCN(N3)C2=O)C(C)C)CC1. The number of amides is 5. The molecule has 6 bridgehead atoms. The summed E-state index contributed by atoms with van der Waals surface area (Å²) < 4.78 is 14.0. The Morgan fingerprint density at radius 2 is 1.75 bits per heavy atom. The maximum Gasteiger partial charge on any atom is 0.324 e. The quantitative estimate of drug-likeness (QED) is 0.129. The van der Waals surface area contributed by atoms with Crippen LogP contribution in [0.1, 0.15) is 64.2 Å². The number of likely N-dealkylation sites (N-methyl/N-ethyl adjacent to an activating group) is 1. The van der Waals surface area contributed by atoms with Crippen molar-refractivity contribution in [1.82, 2.24) is 35.0 Å². The molecule has 3 aliphatic rings. The summed E-state index contributed by atoms with van der Waals surface area (Å²) in [5, 5.41) is 16.8. The molecular formula is C52H67N7O8. The van der Waals surface area contributed by atoms with Gasteiger partial charge in [0.1, 0.15) is 23.9 Å². The third kappa shape index (κ3) is 10.7. The number of benzene rings is 3. The van der Waals surface area contributed by atoms with Crippen LogP contribution >= 0.6 is 0 Å². The number of ether oxygens (including phenoxy) is 2. The highest BCUT2D eigenvalue weighted by Gasteiger charge is 2.39. The van der Waals surface area contributed by atoms with Crippen LogP contribution in [0.4, 0.5) is 4.79 Å². The van der Waals surface area contributed by atoms with Crippen molar-refractivity contribution in [1.29, 1.82) is 0 Å². The van der Waals surface area contributed by atoms with E-state index in [1.807, 2.05) is 26.0 Å². The van der Waals surface area contributed by atoms with Crippen LogP contribution < -0.4 is 10.7 Å². The molecule has 0 spiro atoms. The van der Waals surface area contributed by atoms with Crippen molar-refractivity contribution in [2.24, 2.45) is 11.3 Å². The van der Waals surface area contributed by atoms with Gasteiger partial charge in [0.15, 0.2) is 0 Å². The average Bonchev–Trinajstić information content (AvgIpc) is 3.62. The molecule has 67 heavy (non-hydrogen) atoms. The number of piperazine rings is 1. The maximum absolute atomic E-state index is 14.7. The number of urea groups is 1. The highest BCUT2D eigenvalue weighted by atomic mass is 16.5. The van der Waals surface area contributed by atoms with Gasteiger partial charge in [0.05, 0.1) is 18.9 Å². The molecule has 3 N–H and O–H groups in total. The van der Waals surface area contributed by atoms with Gasteiger partial charge in [0.2, 0.25) is 11.8 Å². The number of cyclic esters (lactones) is 1. The molecule has 3 atom stereocenters. The topological polar surface area (TPSA) is 166 Å². The molecule has 2 fully saturated rings. The molecule has 4 heterocycles. The van der Waals surface area contributed by atoms with E-state index in [4.69, 9.17) is 9.47 Å². The number of aryl methyl sites for hydroxylation is 1. The Hall–Kier alpha value is -6.19. The summed E-state index contributed by atoms with van der Waals surface area (Å²) in [6.45, 7) is 16.5. The first-order chi connectivity index (χ1) is 32.0. The van der Waals surface area contributed by atoms with Crippen molar-refractivity contribution in [3.8, 4) is 28.1 Å². The van der Waals surface area contributed by atoms with Crippen molar-refractivity contribution >= 4 is 40.6 Å². The zero-order chi connectivity index (χ0) is 48.2. The van der Waals surface area contributed by atoms with Gasteiger partial charge in [-0.15, -0.1) is 0 Å². The first-order valence-electron chi connectivity index (χ1n) is 23.6. The molecular weight excluding hydrogens is 851 g/mol. The summed E-state index contributed by atoms with van der Waals surface area (Å²) in [4.78, 5) is 74.0. The van der Waals surface area contributed by atoms with Crippen LogP contribution in [0.15, 0.2) is 73.3 Å². The summed E-state index contributed by atoms with van der Waals surface area (Å²) in [6.07, 6.45) is 3.53. The van der Waals surface area contributed by atoms with Gasteiger partial charge in [-0.3, -0.25) is 24.2 Å². The number of hydrogen-bond donors (Lipinski definition) is 3. The van der Waals surface area contributed by atoms with E-state index in [9.17, 15) is 29.1 Å². The first-order valence-corrected chi connectivity index (χ1v) is 23.6. The lowest BCUT2D eigenvalue weighted by Crippen LogP contribution is -2.63. The molecule has 4 aromatic rings. The van der Waals surface area contributed by atoms with Crippen LogP contribution in [0.3, 0.4) is 0 Å². The molecule has 1 unspecified atom stereocenters. The van der Waals surface area contributed by atoms with Gasteiger partial charge in [-0.05, 0) is 96.7 Å². The number of methoxy groups -OCH3 is 1. The Morgan fingerprint density at radius 1 is 1.01 bits per heavy atom. The maximum atomic E-state index is 14.7. The summed E-state index contributed by atoms with van der Waals surface area (Å²) in [7, 11) is 3.28. The molecule has 15 nitrogen and oxygen atoms in total. The molecule has 3 aromatic carbocycles. The zero-order valence-electron chi connectivity index (χ0n) is 40.1. The number of aromatic hydroxyl groups is 1. The number of phenolic OH excluding ortho intramolecular Hbond substituents is 1. The lowest BCUT2D eigenvalue weighted by atomic mass is 9.83. The van der Waals surface area contributed by atoms with Crippen molar-refractivity contribution in [3.63, 3.8) is 0 Å². The molecule has 0 saturated carbocycles. The van der Waals surface area contributed by atoms with Gasteiger partial charge in [-0.1, -0.05) is 70.7 Å². The number of rotatable bonds is 10. The summed E-state index contributed by atoms with van der Waals surface area (Å²) in [5.74, 6) is -2.02. The van der Waals surface area contributed by atoms with E-state index in [-0.39, 0.29) is 43.2 Å². The van der Waals surface area contributed by atoms with Crippen LogP contribution in [0.5, 0.6) is 5.75 Å². The van der Waals surface area contributed by atoms with E-state index in [1.165, 1.54) is 21.5 Å². The van der Waals surface area contributed by atoms with Gasteiger partial charge < -0.3 is 39.2 Å². The zero-order valence-corrected chi connectivity index (χ0v) is 40.1. The van der Waals surface area contributed by atoms with E-state index in [1.54, 1.807) is 36.1 Å². The minimum atomic E-state index is -1.16. The van der Waals surface area contributed by atoms with Gasteiger partial charge in [-0.2, -0.15) is 0 Å². The molecule has 0 radical (unpaired) electrons. The third-order valence-corrected chi connectivity index (χ3v) is 13.4. The number of nitrogens with one attached hydrogen (secondary N) is 2. The second kappa shape index (κ2) is 20.8. The fourth-order valence-electron chi connectivity index (χ4n) is 9.97. The molecule has 0 aliphatic carbocycles. The number of hydrogen-bond acceptors (Lipinski definition) is 9. The number of hydrazine groups is 1. The second-order valence-electron chi connectivity index (χ2n) is 19.2. The van der Waals surface area contributed by atoms with E-state index in [0.29, 0.717) is 64.2 Å². The number of nitrogens with zero attached hydrogens (tertiary/aromatic N) is 5. The van der Waals surface area contributed by atoms with Crippen LogP contribution in [-0.2, 0) is 54.5 Å². The van der Waals surface area contributed by atoms with E-state index in [0.717, 1.165) is 45.3 Å². The lowest BCUT2D eigenvalue weighted by Gasteiger charge is -2.39. The molecule has 15 heteroatoms. The van der Waals surface area contributed by atoms with Crippen molar-refractivity contribution in [2.75, 3.05) is 60.1 Å². The fourth-order valence-corrected chi connectivity index (χ4v) is 9.97. The standard InChI is InChI=1S/C52H67N7O8/c1-9-45(61)56-21-23-57(24-22-56)51(65)55(7)46(33(3)4)48(62)53-43-28-34-26-37(29-38(60)27-34)36-17-18-44-40(30-36)41(47(58(44)10-2)39-15-12-11-14-35(39)19-25-66-8)31-52(5,6)32-67-50(64)42-16-13-20-59(54-42)49(43)63/h9,11-12,14-15,17-18,26-27,29-30,33,42-43,46,54,60H,1,10,13,16,19-25,28,31-32H2,2-8H3,(H,53,62)/t42-,43-,46?/m0/s1. The smallest absolute Gasteiger partial charge is 0.324 e. The third-order valence-electron chi connectivity index (χ3n) is 13.4. The molecule has 3 aliphatic heterocycles. The molecule has 7 rings (SSSR count). The van der Waals surface area contributed by atoms with E-state index in [2.05, 4.69) is 79.1 Å². The Bertz CT molecular complexity index is 2510. The monoisotopic (exact) mass is 918 g/mol. The summed E-state index contributed by atoms with van der Waals surface area (Å²) in [6, 6.07) is 16.7. The molecule has 1 aromatic heterocycles. The largest absolute Gasteiger partial charge is 0.508 e. The van der Waals surface area contributed by atoms with Gasteiger partial charge in [0.25, 0.3) is 5.91 Å². The predicted molar refractivity (Wildman–Crippen MR) is 258 cm³/mol. The number of carbonyl (C=O) groups excluding carboxylic acids is 5. The fraction of sp³-hybridized carbons (Fsp3) is 0.481. The Balaban J connectivity index is 1.29. The van der Waals surface area contributed by atoms with Crippen molar-refractivity contribution in [2.45, 2.75) is 91.4 Å². The summed E-state index contributed by atoms with van der Waals surface area (Å²) in [5.41, 5.74) is 10.4. The molecule has 2 saturated heterocycles. The number of phenols is 1. The highest BCUT2D eigenvalue weighted by molar-refractivity contribution is 5.96. The first kappa shape index (κ1) is 48.7. The van der Waals surface area contributed by atoms with E-state index < -0.39 is 41.3 Å². The average molecular weight is 918 g/mol. The molecule has 5 amide bonds. The van der Waals surface area contributed by atoms with Gasteiger partial charge in [0, 0.05) is 81.7 Å². The van der Waals surface area contributed by atoms with Crippen LogP contribution in [0.25, 0.3) is 33.3 Å². The number of aromatic nitrogens is 1. The van der Waals surface area contributed by atoms with Crippen LogP contribution in [0, 0.1) is 11.3 Å². The van der Waals surface area contributed by atoms with Crippen molar-refractivity contribution < 1.29 is 38.6 Å². The number of fused-ring (bicyclic) bond motifs is 6. The number of esters is 1. The summed E-state index contributed by atoms with van der Waals surface area (Å²) >= 11 is 0. The predicted octanol–water partition coefficient (Wildman–Crippen LogP) is 5.94. The van der Waals surface area contributed by atoms with Crippen LogP contribution in [-0.4, -0.2) is 137 Å². The van der Waals surface area contributed by atoms with Gasteiger partial charge in [-0.25, -0.2) is 10.2 Å². The van der Waals surface area contributed by atoms with Gasteiger partial charge >= 0.3 is 12.0 Å². The normalized spacial score (nSPS) is 19.4. The Morgan fingerprint density at radius 3 is 2.45 bits per heavy atom. The number of carbonyl (C=O) groups is 5. The molecule has 358 valence electrons. The Labute approximate surface area is 394 Å².